The number of carbonyl (C=O) groups is 3. The van der Waals surface area contributed by atoms with E-state index in [4.69, 9.17) is 14.2 Å². The Hall–Kier alpha value is -2.32. The number of aliphatic imine (C=N–C) groups is 1. The van der Waals surface area contributed by atoms with Gasteiger partial charge in [0.1, 0.15) is 16.8 Å². The summed E-state index contributed by atoms with van der Waals surface area (Å²) >= 11 is 0. The van der Waals surface area contributed by atoms with E-state index in [0.29, 0.717) is 0 Å². The van der Waals surface area contributed by atoms with Crippen LogP contribution < -0.4 is 10.6 Å². The highest BCUT2D eigenvalue weighted by Gasteiger charge is 2.23. The van der Waals surface area contributed by atoms with Gasteiger partial charge in [-0.05, 0) is 62.3 Å². The molecule has 2 N–H and O–H groups in total. The van der Waals surface area contributed by atoms with Crippen LogP contribution in [0.25, 0.3) is 0 Å². The quantitative estimate of drug-likeness (QED) is 0.389. The number of guanidine groups is 1. The van der Waals surface area contributed by atoms with E-state index < -0.39 is 41.0 Å². The molecule has 0 fully saturated rings. The van der Waals surface area contributed by atoms with Crippen molar-refractivity contribution in [1.82, 2.24) is 10.6 Å². The van der Waals surface area contributed by atoms with Crippen molar-refractivity contribution in [2.45, 2.75) is 79.1 Å². The van der Waals surface area contributed by atoms with Crippen molar-refractivity contribution in [3.8, 4) is 0 Å². The van der Waals surface area contributed by atoms with Gasteiger partial charge in [0.25, 0.3) is 0 Å². The Bertz CT molecular complexity index is 504. The molecule has 0 aromatic heterocycles. The molecular weight excluding hydrogens is 330 g/mol. The highest BCUT2D eigenvalue weighted by molar-refractivity contribution is 6.04. The highest BCUT2D eigenvalue weighted by atomic mass is 16.6. The lowest BCUT2D eigenvalue weighted by atomic mass is 10.2. The average molecular weight is 359 g/mol. The van der Waals surface area contributed by atoms with Crippen LogP contribution in [0.2, 0.25) is 0 Å². The number of nitrogens with zero attached hydrogens (tertiary/aromatic N) is 1. The van der Waals surface area contributed by atoms with Gasteiger partial charge in [0.2, 0.25) is 5.96 Å². The number of alkyl carbamates (subject to hydrolysis) is 2. The summed E-state index contributed by atoms with van der Waals surface area (Å²) in [6.07, 6.45) is -2.79. The summed E-state index contributed by atoms with van der Waals surface area (Å²) in [4.78, 5) is 39.0. The van der Waals surface area contributed by atoms with Gasteiger partial charge in [-0.2, -0.15) is 0 Å². The standard InChI is InChI=1S/C16H29N3O6/c1-14(2,3)23-11(20)17-10(18-12(21)24-15(4,5)6)19-13(22)25-16(7,8)9/h1-9H3,(H2,17,18,19,20,21,22). The van der Waals surface area contributed by atoms with Gasteiger partial charge in [0.15, 0.2) is 0 Å². The molecule has 0 saturated carbocycles. The van der Waals surface area contributed by atoms with Gasteiger partial charge in [-0.15, -0.1) is 4.99 Å². The molecule has 0 bridgehead atoms. The fourth-order valence-electron chi connectivity index (χ4n) is 1.26. The number of ether oxygens (including phenoxy) is 3. The molecule has 0 aromatic rings. The largest absolute Gasteiger partial charge is 0.444 e. The molecule has 0 aromatic carbocycles. The Kier molecular flexibility index (Phi) is 7.42. The second kappa shape index (κ2) is 8.17. The first-order valence-corrected chi connectivity index (χ1v) is 7.78. The molecule has 0 saturated heterocycles. The van der Waals surface area contributed by atoms with Gasteiger partial charge in [0.05, 0.1) is 0 Å². The van der Waals surface area contributed by atoms with Crippen LogP contribution in [-0.4, -0.2) is 41.0 Å². The zero-order valence-electron chi connectivity index (χ0n) is 16.4. The smallest absolute Gasteiger partial charge is 0.437 e. The second-order valence-corrected chi connectivity index (χ2v) is 8.19. The summed E-state index contributed by atoms with van der Waals surface area (Å²) in [5.74, 6) is -0.460. The van der Waals surface area contributed by atoms with Crippen molar-refractivity contribution < 1.29 is 28.6 Å². The molecule has 0 aliphatic rings. The van der Waals surface area contributed by atoms with E-state index >= 15 is 0 Å². The minimum absolute atomic E-state index is 0.460. The third-order valence-corrected chi connectivity index (χ3v) is 1.84. The molecule has 9 heteroatoms. The molecule has 0 spiro atoms. The van der Waals surface area contributed by atoms with E-state index in [1.807, 2.05) is 0 Å². The number of hydrogen-bond donors (Lipinski definition) is 2. The Morgan fingerprint density at radius 2 is 0.960 bits per heavy atom. The number of amides is 3. The fraction of sp³-hybridized carbons (Fsp3) is 0.750. The first kappa shape index (κ1) is 22.7. The van der Waals surface area contributed by atoms with Crippen LogP contribution in [0.5, 0.6) is 0 Å². The zero-order valence-corrected chi connectivity index (χ0v) is 16.4. The molecule has 0 aliphatic carbocycles. The lowest BCUT2D eigenvalue weighted by molar-refractivity contribution is 0.0544. The van der Waals surface area contributed by atoms with Crippen LogP contribution in [0.3, 0.4) is 0 Å². The molecule has 0 radical (unpaired) electrons. The molecule has 0 aliphatic heterocycles. The molecular formula is C16H29N3O6. The second-order valence-electron chi connectivity index (χ2n) is 8.19. The Morgan fingerprint density at radius 3 is 1.24 bits per heavy atom. The van der Waals surface area contributed by atoms with Crippen molar-refractivity contribution in [1.29, 1.82) is 0 Å². The van der Waals surface area contributed by atoms with Gasteiger partial charge >= 0.3 is 18.3 Å². The SMILES string of the molecule is CC(C)(C)OC(=O)N=C(NC(=O)OC(C)(C)C)NC(=O)OC(C)(C)C. The average Bonchev–Trinajstić information content (AvgIpc) is 2.18. The molecule has 0 unspecified atom stereocenters. The molecule has 0 atom stereocenters. The maximum atomic E-state index is 11.8. The van der Waals surface area contributed by atoms with E-state index in [0.717, 1.165) is 0 Å². The Labute approximate surface area is 148 Å². The van der Waals surface area contributed by atoms with Crippen molar-refractivity contribution in [2.75, 3.05) is 0 Å². The summed E-state index contributed by atoms with van der Waals surface area (Å²) in [5, 5.41) is 4.37. The van der Waals surface area contributed by atoms with Gasteiger partial charge in [-0.1, -0.05) is 0 Å². The predicted octanol–water partition coefficient (Wildman–Crippen LogP) is 3.33. The maximum Gasteiger partial charge on any atom is 0.437 e. The van der Waals surface area contributed by atoms with Gasteiger partial charge in [-0.3, -0.25) is 10.6 Å². The Balaban J connectivity index is 5.20. The number of rotatable bonds is 0. The van der Waals surface area contributed by atoms with Crippen molar-refractivity contribution in [2.24, 2.45) is 4.99 Å². The van der Waals surface area contributed by atoms with E-state index in [1.165, 1.54) is 0 Å². The van der Waals surface area contributed by atoms with Gasteiger partial charge in [-0.25, -0.2) is 14.4 Å². The third kappa shape index (κ3) is 13.8. The van der Waals surface area contributed by atoms with Crippen molar-refractivity contribution >= 4 is 24.2 Å². The first-order valence-electron chi connectivity index (χ1n) is 7.78. The van der Waals surface area contributed by atoms with Crippen molar-refractivity contribution in [3.63, 3.8) is 0 Å². The van der Waals surface area contributed by atoms with E-state index in [9.17, 15) is 14.4 Å². The maximum absolute atomic E-state index is 11.8. The summed E-state index contributed by atoms with van der Waals surface area (Å²) in [7, 11) is 0. The van der Waals surface area contributed by atoms with Crippen LogP contribution in [0.1, 0.15) is 62.3 Å². The molecule has 25 heavy (non-hydrogen) atoms. The van der Waals surface area contributed by atoms with Crippen LogP contribution in [-0.2, 0) is 14.2 Å². The number of carbonyl (C=O) groups excluding carboxylic acids is 3. The third-order valence-electron chi connectivity index (χ3n) is 1.84. The molecule has 144 valence electrons. The normalized spacial score (nSPS) is 11.9. The summed E-state index contributed by atoms with van der Waals surface area (Å²) < 4.78 is 15.1. The molecule has 0 rings (SSSR count). The predicted molar refractivity (Wildman–Crippen MR) is 92.4 cm³/mol. The van der Waals surface area contributed by atoms with E-state index in [-0.39, 0.29) is 0 Å². The van der Waals surface area contributed by atoms with Crippen LogP contribution in [0, 0.1) is 0 Å². The lowest BCUT2D eigenvalue weighted by Gasteiger charge is -2.22. The fourth-order valence-corrected chi connectivity index (χ4v) is 1.26. The van der Waals surface area contributed by atoms with Crippen LogP contribution in [0.15, 0.2) is 4.99 Å². The number of nitrogens with one attached hydrogen (secondary N) is 2. The molecule has 3 amide bonds. The number of hydrogen-bond acceptors (Lipinski definition) is 6. The topological polar surface area (TPSA) is 115 Å². The Morgan fingerprint density at radius 1 is 0.640 bits per heavy atom. The summed E-state index contributed by atoms with van der Waals surface area (Å²) in [5.41, 5.74) is -2.33. The van der Waals surface area contributed by atoms with E-state index in [2.05, 4.69) is 15.6 Å². The van der Waals surface area contributed by atoms with E-state index in [1.54, 1.807) is 62.3 Å². The minimum atomic E-state index is -0.991. The van der Waals surface area contributed by atoms with Crippen LogP contribution >= 0.6 is 0 Å². The van der Waals surface area contributed by atoms with Crippen LogP contribution in [0.4, 0.5) is 14.4 Å². The molecule has 9 nitrogen and oxygen atoms in total. The zero-order chi connectivity index (χ0) is 20.1. The summed E-state index contributed by atoms with van der Waals surface area (Å²) in [6, 6.07) is 0. The monoisotopic (exact) mass is 359 g/mol. The van der Waals surface area contributed by atoms with Crippen molar-refractivity contribution in [3.05, 3.63) is 0 Å². The lowest BCUT2D eigenvalue weighted by Crippen LogP contribution is -2.47. The summed E-state index contributed by atoms with van der Waals surface area (Å²) in [6.45, 7) is 15.0. The van der Waals surface area contributed by atoms with Gasteiger partial charge in [0, 0.05) is 0 Å². The first-order chi connectivity index (χ1) is 11.0. The molecule has 0 heterocycles. The van der Waals surface area contributed by atoms with Gasteiger partial charge < -0.3 is 14.2 Å². The highest BCUT2D eigenvalue weighted by Crippen LogP contribution is 2.09. The minimum Gasteiger partial charge on any atom is -0.444 e.